The van der Waals surface area contributed by atoms with E-state index in [-0.39, 0.29) is 0 Å². The molecule has 1 aliphatic heterocycles. The van der Waals surface area contributed by atoms with Crippen LogP contribution in [0.1, 0.15) is 33.1 Å². The van der Waals surface area contributed by atoms with Crippen LogP contribution in [0.3, 0.4) is 0 Å². The molecule has 1 unspecified atom stereocenters. The molecule has 3 atom stereocenters. The number of fused-ring (bicyclic) bond motifs is 1. The van der Waals surface area contributed by atoms with E-state index in [4.69, 9.17) is 0 Å². The molecule has 0 aromatic rings. The molecule has 70 valence electrons. The van der Waals surface area contributed by atoms with Gasteiger partial charge in [0.1, 0.15) is 0 Å². The minimum absolute atomic E-state index is 1.06. The molecule has 1 saturated heterocycles. The van der Waals surface area contributed by atoms with Gasteiger partial charge >= 0.3 is 0 Å². The van der Waals surface area contributed by atoms with Gasteiger partial charge in [-0.25, -0.2) is 0 Å². The van der Waals surface area contributed by atoms with Gasteiger partial charge in [-0.2, -0.15) is 0 Å². The predicted octanol–water partition coefficient (Wildman–Crippen LogP) is 2.37. The van der Waals surface area contributed by atoms with Crippen LogP contribution in [0, 0.1) is 17.8 Å². The average Bonchev–Trinajstić information content (AvgIpc) is 2.59. The molecule has 2 rings (SSSR count). The van der Waals surface area contributed by atoms with Crippen LogP contribution in [-0.4, -0.2) is 24.5 Å². The second-order valence-electron chi connectivity index (χ2n) is 4.62. The van der Waals surface area contributed by atoms with Crippen molar-refractivity contribution >= 4 is 0 Å². The van der Waals surface area contributed by atoms with E-state index in [2.05, 4.69) is 18.7 Å². The highest BCUT2D eigenvalue weighted by Gasteiger charge is 2.39. The van der Waals surface area contributed by atoms with E-state index in [1.807, 2.05) is 0 Å². The molecule has 0 N–H and O–H groups in total. The Morgan fingerprint density at radius 3 is 2.08 bits per heavy atom. The van der Waals surface area contributed by atoms with Crippen molar-refractivity contribution in [2.75, 3.05) is 19.6 Å². The Kier molecular flexibility index (Phi) is 2.40. The molecule has 2 fully saturated rings. The van der Waals surface area contributed by atoms with Gasteiger partial charge in [-0.05, 0) is 37.1 Å². The normalized spacial score (nSPS) is 42.0. The fourth-order valence-corrected chi connectivity index (χ4v) is 3.11. The number of hydrogen-bond acceptors (Lipinski definition) is 1. The maximum absolute atomic E-state index is 2.63. The summed E-state index contributed by atoms with van der Waals surface area (Å²) in [4.78, 5) is 2.63. The minimum atomic E-state index is 1.06. The van der Waals surface area contributed by atoms with E-state index < -0.39 is 0 Å². The largest absolute Gasteiger partial charge is 0.303 e. The maximum atomic E-state index is 2.63. The molecule has 0 aromatic heterocycles. The molecule has 0 amide bonds. The zero-order valence-corrected chi connectivity index (χ0v) is 8.42. The van der Waals surface area contributed by atoms with Crippen molar-refractivity contribution in [1.29, 1.82) is 0 Å². The Morgan fingerprint density at radius 2 is 1.67 bits per heavy atom. The van der Waals surface area contributed by atoms with Gasteiger partial charge in [-0.3, -0.25) is 0 Å². The second-order valence-corrected chi connectivity index (χ2v) is 4.62. The maximum Gasteiger partial charge on any atom is 0.00129 e. The lowest BCUT2D eigenvalue weighted by molar-refractivity contribution is 0.310. The zero-order valence-electron chi connectivity index (χ0n) is 8.42. The summed E-state index contributed by atoms with van der Waals surface area (Å²) in [5.41, 5.74) is 0. The van der Waals surface area contributed by atoms with Gasteiger partial charge in [-0.15, -0.1) is 0 Å². The van der Waals surface area contributed by atoms with Crippen LogP contribution in [-0.2, 0) is 0 Å². The second kappa shape index (κ2) is 3.37. The first-order valence-electron chi connectivity index (χ1n) is 5.55. The summed E-state index contributed by atoms with van der Waals surface area (Å²) in [5, 5.41) is 0. The van der Waals surface area contributed by atoms with Crippen molar-refractivity contribution in [2.24, 2.45) is 17.8 Å². The molecule has 0 radical (unpaired) electrons. The van der Waals surface area contributed by atoms with Crippen LogP contribution in [0.4, 0.5) is 0 Å². The summed E-state index contributed by atoms with van der Waals surface area (Å²) in [6.07, 6.45) is 4.47. The molecule has 1 heterocycles. The standard InChI is InChI=1S/C11H21N/c1-3-9-5-10-7-12(4-2)8-11(10)6-9/h9-11H,3-8H2,1-2H3/t9?,10-,11+. The lowest BCUT2D eigenvalue weighted by atomic mass is 10.0. The van der Waals surface area contributed by atoms with Crippen LogP contribution in [0.25, 0.3) is 0 Å². The molecular formula is C11H21N. The molecule has 1 heteroatoms. The fourth-order valence-electron chi connectivity index (χ4n) is 3.11. The van der Waals surface area contributed by atoms with E-state index in [1.165, 1.54) is 38.9 Å². The number of likely N-dealkylation sites (tertiary alicyclic amines) is 1. The van der Waals surface area contributed by atoms with Gasteiger partial charge in [0.15, 0.2) is 0 Å². The lowest BCUT2D eigenvalue weighted by Crippen LogP contribution is -2.21. The number of nitrogens with zero attached hydrogens (tertiary/aromatic N) is 1. The molecule has 12 heavy (non-hydrogen) atoms. The topological polar surface area (TPSA) is 3.24 Å². The monoisotopic (exact) mass is 167 g/mol. The van der Waals surface area contributed by atoms with Crippen molar-refractivity contribution in [3.63, 3.8) is 0 Å². The summed E-state index contributed by atoms with van der Waals surface area (Å²) in [6, 6.07) is 0. The molecule has 1 saturated carbocycles. The summed E-state index contributed by atoms with van der Waals surface area (Å²) in [5.74, 6) is 3.20. The highest BCUT2D eigenvalue weighted by atomic mass is 15.1. The van der Waals surface area contributed by atoms with Crippen LogP contribution >= 0.6 is 0 Å². The molecule has 0 spiro atoms. The molecule has 2 aliphatic rings. The predicted molar refractivity (Wildman–Crippen MR) is 52.1 cm³/mol. The fraction of sp³-hybridized carbons (Fsp3) is 1.00. The van der Waals surface area contributed by atoms with Gasteiger partial charge < -0.3 is 4.90 Å². The number of rotatable bonds is 2. The smallest absolute Gasteiger partial charge is 0.00129 e. The Morgan fingerprint density at radius 1 is 1.08 bits per heavy atom. The number of hydrogen-bond donors (Lipinski definition) is 0. The van der Waals surface area contributed by atoms with Crippen LogP contribution in [0.2, 0.25) is 0 Å². The average molecular weight is 167 g/mol. The summed E-state index contributed by atoms with van der Waals surface area (Å²) < 4.78 is 0. The minimum Gasteiger partial charge on any atom is -0.303 e. The van der Waals surface area contributed by atoms with Crippen molar-refractivity contribution in [1.82, 2.24) is 4.90 Å². The van der Waals surface area contributed by atoms with Crippen molar-refractivity contribution in [3.8, 4) is 0 Å². The third-order valence-electron chi connectivity index (χ3n) is 3.95. The van der Waals surface area contributed by atoms with E-state index in [9.17, 15) is 0 Å². The van der Waals surface area contributed by atoms with Gasteiger partial charge in [0.05, 0.1) is 0 Å². The van der Waals surface area contributed by atoms with Crippen LogP contribution in [0.15, 0.2) is 0 Å². The Labute approximate surface area is 76.1 Å². The SMILES string of the molecule is CCC1C[C@@H]2CN(CC)C[C@@H]2C1. The van der Waals surface area contributed by atoms with Crippen molar-refractivity contribution < 1.29 is 0 Å². The molecular weight excluding hydrogens is 146 g/mol. The molecule has 0 aromatic carbocycles. The lowest BCUT2D eigenvalue weighted by Gasteiger charge is -2.15. The van der Waals surface area contributed by atoms with E-state index in [0.29, 0.717) is 0 Å². The van der Waals surface area contributed by atoms with Gasteiger partial charge in [0, 0.05) is 13.1 Å². The summed E-state index contributed by atoms with van der Waals surface area (Å²) in [6.45, 7) is 8.71. The zero-order chi connectivity index (χ0) is 8.55. The van der Waals surface area contributed by atoms with Gasteiger partial charge in [-0.1, -0.05) is 20.3 Å². The summed E-state index contributed by atoms with van der Waals surface area (Å²) >= 11 is 0. The highest BCUT2D eigenvalue weighted by Crippen LogP contribution is 2.42. The third kappa shape index (κ3) is 1.39. The van der Waals surface area contributed by atoms with Crippen LogP contribution < -0.4 is 0 Å². The quantitative estimate of drug-likeness (QED) is 0.610. The first-order chi connectivity index (χ1) is 5.83. The van der Waals surface area contributed by atoms with Gasteiger partial charge in [0.25, 0.3) is 0 Å². The Balaban J connectivity index is 1.89. The van der Waals surface area contributed by atoms with Crippen molar-refractivity contribution in [2.45, 2.75) is 33.1 Å². The third-order valence-corrected chi connectivity index (χ3v) is 3.95. The molecule has 0 bridgehead atoms. The van der Waals surface area contributed by atoms with E-state index in [0.717, 1.165) is 17.8 Å². The van der Waals surface area contributed by atoms with Gasteiger partial charge in [0.2, 0.25) is 0 Å². The van der Waals surface area contributed by atoms with E-state index in [1.54, 1.807) is 0 Å². The Hall–Kier alpha value is -0.0400. The first kappa shape index (κ1) is 8.55. The molecule has 1 nitrogen and oxygen atoms in total. The summed E-state index contributed by atoms with van der Waals surface area (Å²) in [7, 11) is 0. The molecule has 1 aliphatic carbocycles. The van der Waals surface area contributed by atoms with Crippen molar-refractivity contribution in [3.05, 3.63) is 0 Å². The highest BCUT2D eigenvalue weighted by molar-refractivity contribution is 4.91. The van der Waals surface area contributed by atoms with Crippen LogP contribution in [0.5, 0.6) is 0 Å². The first-order valence-corrected chi connectivity index (χ1v) is 5.55. The van der Waals surface area contributed by atoms with E-state index >= 15 is 0 Å². The Bertz CT molecular complexity index is 125.